The summed E-state index contributed by atoms with van der Waals surface area (Å²) in [5.41, 5.74) is 2.61. The minimum Gasteiger partial charge on any atom is -0.445 e. The molecular formula is C25H26N4O3. The second-order valence-corrected chi connectivity index (χ2v) is 8.42. The Labute approximate surface area is 185 Å². The van der Waals surface area contributed by atoms with Crippen LogP contribution in [0.25, 0.3) is 11.0 Å². The van der Waals surface area contributed by atoms with Crippen molar-refractivity contribution in [2.24, 2.45) is 7.05 Å². The summed E-state index contributed by atoms with van der Waals surface area (Å²) in [5, 5.41) is 0. The topological polar surface area (TPSA) is 73.3 Å². The summed E-state index contributed by atoms with van der Waals surface area (Å²) >= 11 is 0. The number of hydrogen-bond donors (Lipinski definition) is 0. The molecule has 0 radical (unpaired) electrons. The van der Waals surface area contributed by atoms with Crippen LogP contribution < -0.4 is 5.69 Å². The molecule has 4 aromatic rings. The summed E-state index contributed by atoms with van der Waals surface area (Å²) in [7, 11) is 1.73. The number of carbonyl (C=O) groups excluding carboxylic acids is 1. The zero-order valence-electron chi connectivity index (χ0n) is 18.1. The van der Waals surface area contributed by atoms with Crippen LogP contribution in [0, 0.1) is 0 Å². The van der Waals surface area contributed by atoms with Gasteiger partial charge in [-0.2, -0.15) is 0 Å². The second-order valence-electron chi connectivity index (χ2n) is 8.42. The number of hydrogen-bond acceptors (Lipinski definition) is 4. The fourth-order valence-corrected chi connectivity index (χ4v) is 4.55. The summed E-state index contributed by atoms with van der Waals surface area (Å²) in [6.07, 6.45) is 4.31. The molecule has 1 atom stereocenters. The number of aryl methyl sites for hydroxylation is 1. The van der Waals surface area contributed by atoms with Gasteiger partial charge in [-0.25, -0.2) is 9.78 Å². The highest BCUT2D eigenvalue weighted by Gasteiger charge is 2.28. The third-order valence-corrected chi connectivity index (χ3v) is 6.26. The molecule has 1 amide bonds. The van der Waals surface area contributed by atoms with Gasteiger partial charge < -0.3 is 9.32 Å². The predicted octanol–water partition coefficient (Wildman–Crippen LogP) is 3.33. The lowest BCUT2D eigenvalue weighted by molar-refractivity contribution is -0.133. The fourth-order valence-electron chi connectivity index (χ4n) is 4.55. The Kier molecular flexibility index (Phi) is 5.39. The quantitative estimate of drug-likeness (QED) is 0.487. The van der Waals surface area contributed by atoms with E-state index in [0.717, 1.165) is 29.6 Å². The lowest BCUT2D eigenvalue weighted by Crippen LogP contribution is -2.42. The molecule has 7 heteroatoms. The van der Waals surface area contributed by atoms with Gasteiger partial charge in [0.1, 0.15) is 12.3 Å². The Morgan fingerprint density at radius 3 is 2.66 bits per heavy atom. The van der Waals surface area contributed by atoms with Crippen molar-refractivity contribution >= 4 is 16.9 Å². The molecule has 7 nitrogen and oxygen atoms in total. The van der Waals surface area contributed by atoms with Crippen LogP contribution in [0.15, 0.2) is 70.0 Å². The zero-order chi connectivity index (χ0) is 22.1. The maximum atomic E-state index is 13.1. The number of para-hydroxylation sites is 2. The van der Waals surface area contributed by atoms with Crippen LogP contribution in [0.4, 0.5) is 0 Å². The molecule has 3 heterocycles. The molecule has 32 heavy (non-hydrogen) atoms. The highest BCUT2D eigenvalue weighted by molar-refractivity contribution is 5.81. The average Bonchev–Trinajstić information content (AvgIpc) is 3.39. The van der Waals surface area contributed by atoms with Crippen LogP contribution in [0.5, 0.6) is 0 Å². The van der Waals surface area contributed by atoms with Crippen LogP contribution in [0.2, 0.25) is 0 Å². The highest BCUT2D eigenvalue weighted by Crippen LogP contribution is 2.27. The van der Waals surface area contributed by atoms with Crippen molar-refractivity contribution < 1.29 is 9.21 Å². The molecule has 1 aliphatic heterocycles. The molecule has 2 aromatic carbocycles. The molecule has 164 valence electrons. The summed E-state index contributed by atoms with van der Waals surface area (Å²) in [4.78, 5) is 32.1. The molecule has 1 saturated heterocycles. The smallest absolute Gasteiger partial charge is 0.329 e. The van der Waals surface area contributed by atoms with Gasteiger partial charge in [-0.15, -0.1) is 0 Å². The Bertz CT molecular complexity index is 1300. The van der Waals surface area contributed by atoms with Crippen molar-refractivity contribution in [1.82, 2.24) is 19.0 Å². The lowest BCUT2D eigenvalue weighted by atomic mass is 9.98. The number of aromatic nitrogens is 3. The molecule has 0 spiro atoms. The third-order valence-electron chi connectivity index (χ3n) is 6.26. The zero-order valence-corrected chi connectivity index (χ0v) is 18.1. The number of amides is 1. The van der Waals surface area contributed by atoms with Gasteiger partial charge in [0.25, 0.3) is 0 Å². The third kappa shape index (κ3) is 3.86. The van der Waals surface area contributed by atoms with Gasteiger partial charge in [0.05, 0.1) is 23.1 Å². The molecule has 0 aliphatic carbocycles. The van der Waals surface area contributed by atoms with E-state index in [9.17, 15) is 9.59 Å². The van der Waals surface area contributed by atoms with Gasteiger partial charge >= 0.3 is 5.69 Å². The maximum Gasteiger partial charge on any atom is 0.329 e. The molecule has 0 bridgehead atoms. The standard InChI is InChI=1S/C25H26N4O3/c1-27-21-11-5-6-12-22(21)29(25(27)31)17-23(30)28-13-7-10-19(16-28)24-26-15-20(32-24)14-18-8-3-2-4-9-18/h2-6,8-9,11-12,15,19H,7,10,13-14,16-17H2,1H3. The van der Waals surface area contributed by atoms with E-state index in [-0.39, 0.29) is 24.1 Å². The van der Waals surface area contributed by atoms with E-state index >= 15 is 0 Å². The maximum absolute atomic E-state index is 13.1. The molecular weight excluding hydrogens is 404 g/mol. The van der Waals surface area contributed by atoms with E-state index in [4.69, 9.17) is 4.42 Å². The van der Waals surface area contributed by atoms with Crippen LogP contribution in [-0.2, 0) is 24.8 Å². The number of imidazole rings is 1. The first-order chi connectivity index (χ1) is 15.6. The number of benzene rings is 2. The first-order valence-corrected chi connectivity index (χ1v) is 11.0. The lowest BCUT2D eigenvalue weighted by Gasteiger charge is -2.31. The van der Waals surface area contributed by atoms with E-state index in [2.05, 4.69) is 17.1 Å². The number of rotatable bonds is 5. The summed E-state index contributed by atoms with van der Waals surface area (Å²) < 4.78 is 9.19. The van der Waals surface area contributed by atoms with Crippen molar-refractivity contribution in [1.29, 1.82) is 0 Å². The van der Waals surface area contributed by atoms with Crippen molar-refractivity contribution in [3.05, 3.63) is 88.5 Å². The van der Waals surface area contributed by atoms with Crippen molar-refractivity contribution in [2.75, 3.05) is 13.1 Å². The Hall–Kier alpha value is -3.61. The largest absolute Gasteiger partial charge is 0.445 e. The van der Waals surface area contributed by atoms with E-state index in [1.807, 2.05) is 47.4 Å². The summed E-state index contributed by atoms with van der Waals surface area (Å²) in [5.74, 6) is 1.54. The van der Waals surface area contributed by atoms with Gasteiger partial charge in [0.2, 0.25) is 5.91 Å². The van der Waals surface area contributed by atoms with E-state index in [0.29, 0.717) is 25.4 Å². The number of fused-ring (bicyclic) bond motifs is 1. The normalized spacial score (nSPS) is 16.5. The first-order valence-electron chi connectivity index (χ1n) is 11.0. The van der Waals surface area contributed by atoms with Gasteiger partial charge in [-0.3, -0.25) is 13.9 Å². The monoisotopic (exact) mass is 430 g/mol. The Morgan fingerprint density at radius 1 is 1.09 bits per heavy atom. The number of nitrogens with zero attached hydrogens (tertiary/aromatic N) is 4. The van der Waals surface area contributed by atoms with Gasteiger partial charge in [0.15, 0.2) is 5.89 Å². The second kappa shape index (κ2) is 8.49. The molecule has 2 aromatic heterocycles. The van der Waals surface area contributed by atoms with E-state index in [1.54, 1.807) is 22.4 Å². The van der Waals surface area contributed by atoms with Crippen molar-refractivity contribution in [3.8, 4) is 0 Å². The van der Waals surface area contributed by atoms with Crippen molar-refractivity contribution in [2.45, 2.75) is 31.7 Å². The number of likely N-dealkylation sites (tertiary alicyclic amines) is 1. The SMILES string of the molecule is Cn1c(=O)n(CC(=O)N2CCCC(c3ncc(Cc4ccccc4)o3)C2)c2ccccc21. The van der Waals surface area contributed by atoms with E-state index < -0.39 is 0 Å². The van der Waals surface area contributed by atoms with Gasteiger partial charge in [0, 0.05) is 26.6 Å². The molecule has 5 rings (SSSR count). The fraction of sp³-hybridized carbons (Fsp3) is 0.320. The minimum atomic E-state index is -0.175. The average molecular weight is 431 g/mol. The Balaban J connectivity index is 1.29. The van der Waals surface area contributed by atoms with Crippen LogP contribution in [-0.4, -0.2) is 38.0 Å². The van der Waals surface area contributed by atoms with Gasteiger partial charge in [-0.05, 0) is 30.5 Å². The van der Waals surface area contributed by atoms with E-state index in [1.165, 1.54) is 5.56 Å². The van der Waals surface area contributed by atoms with Crippen molar-refractivity contribution in [3.63, 3.8) is 0 Å². The molecule has 0 saturated carbocycles. The molecule has 0 N–H and O–H groups in total. The minimum absolute atomic E-state index is 0.0394. The number of oxazole rings is 1. The number of piperidine rings is 1. The molecule has 1 fully saturated rings. The summed E-state index contributed by atoms with van der Waals surface area (Å²) in [6, 6.07) is 17.7. The van der Waals surface area contributed by atoms with Crippen LogP contribution in [0.3, 0.4) is 0 Å². The van der Waals surface area contributed by atoms with Gasteiger partial charge in [-0.1, -0.05) is 42.5 Å². The molecule has 1 unspecified atom stereocenters. The summed E-state index contributed by atoms with van der Waals surface area (Å²) in [6.45, 7) is 1.29. The highest BCUT2D eigenvalue weighted by atomic mass is 16.4. The first kappa shape index (κ1) is 20.3. The van der Waals surface area contributed by atoms with Crippen LogP contribution in [0.1, 0.15) is 36.0 Å². The predicted molar refractivity (Wildman–Crippen MR) is 121 cm³/mol. The van der Waals surface area contributed by atoms with Crippen LogP contribution >= 0.6 is 0 Å². The molecule has 1 aliphatic rings. The number of carbonyl (C=O) groups is 1. The Morgan fingerprint density at radius 2 is 1.84 bits per heavy atom.